The molecular weight excluding hydrogens is 268 g/mol. The van der Waals surface area contributed by atoms with E-state index >= 15 is 0 Å². The maximum atomic E-state index is 10.3. The van der Waals surface area contributed by atoms with Gasteiger partial charge in [0, 0.05) is 11.4 Å². The van der Waals surface area contributed by atoms with Crippen molar-refractivity contribution in [3.63, 3.8) is 0 Å². The second kappa shape index (κ2) is 5.99. The summed E-state index contributed by atoms with van der Waals surface area (Å²) in [5.74, 6) is 0. The maximum absolute atomic E-state index is 10.3. The second-order valence-corrected chi connectivity index (χ2v) is 6.59. The molecule has 0 radical (unpaired) electrons. The molecule has 0 spiro atoms. The van der Waals surface area contributed by atoms with Crippen molar-refractivity contribution in [2.45, 2.75) is 38.7 Å². The van der Waals surface area contributed by atoms with Crippen LogP contribution in [0.15, 0.2) is 48.5 Å². The predicted octanol–water partition coefficient (Wildman–Crippen LogP) is 4.91. The Bertz CT molecular complexity index is 567. The monoisotopic (exact) mass is 288 g/mol. The van der Waals surface area contributed by atoms with E-state index in [1.54, 1.807) is 0 Å². The van der Waals surface area contributed by atoms with Gasteiger partial charge in [-0.1, -0.05) is 74.8 Å². The Morgan fingerprint density at radius 2 is 1.60 bits per heavy atom. The van der Waals surface area contributed by atoms with Crippen LogP contribution in [0.3, 0.4) is 0 Å². The summed E-state index contributed by atoms with van der Waals surface area (Å²) >= 11 is 6.13. The fourth-order valence-corrected chi connectivity index (χ4v) is 2.41. The van der Waals surface area contributed by atoms with E-state index in [1.807, 2.05) is 36.4 Å². The zero-order chi connectivity index (χ0) is 14.8. The lowest BCUT2D eigenvalue weighted by Crippen LogP contribution is -2.11. The van der Waals surface area contributed by atoms with Gasteiger partial charge in [0.1, 0.15) is 0 Å². The van der Waals surface area contributed by atoms with Gasteiger partial charge in [-0.3, -0.25) is 0 Å². The Morgan fingerprint density at radius 1 is 1.00 bits per heavy atom. The number of halogens is 1. The van der Waals surface area contributed by atoms with Crippen LogP contribution in [0.25, 0.3) is 0 Å². The average Bonchev–Trinajstić information content (AvgIpc) is 2.40. The van der Waals surface area contributed by atoms with Crippen molar-refractivity contribution in [1.29, 1.82) is 0 Å². The molecule has 1 atom stereocenters. The second-order valence-electron chi connectivity index (χ2n) is 6.18. The Hall–Kier alpha value is -1.31. The Kier molecular flexibility index (Phi) is 4.52. The first-order chi connectivity index (χ1) is 9.38. The number of aliphatic hydroxyl groups is 1. The highest BCUT2D eigenvalue weighted by Gasteiger charge is 2.15. The van der Waals surface area contributed by atoms with Crippen molar-refractivity contribution in [3.05, 3.63) is 70.2 Å². The van der Waals surface area contributed by atoms with E-state index in [0.717, 1.165) is 11.1 Å². The fraction of sp³-hybridized carbons (Fsp3) is 0.333. The number of rotatable bonds is 3. The normalized spacial score (nSPS) is 13.2. The maximum Gasteiger partial charge on any atom is 0.0830 e. The van der Waals surface area contributed by atoms with Gasteiger partial charge >= 0.3 is 0 Å². The lowest BCUT2D eigenvalue weighted by atomic mass is 9.86. The first-order valence-electron chi connectivity index (χ1n) is 6.90. The molecule has 2 aromatic carbocycles. The van der Waals surface area contributed by atoms with Crippen molar-refractivity contribution in [2.24, 2.45) is 0 Å². The standard InChI is InChI=1S/C18H21ClO/c1-18(2,3)15-10-8-13(9-11-15)17(20)12-14-6-4-5-7-16(14)19/h4-11,17,20H,12H2,1-3H3. The third kappa shape index (κ3) is 3.62. The largest absolute Gasteiger partial charge is 0.388 e. The van der Waals surface area contributed by atoms with Gasteiger partial charge in [0.25, 0.3) is 0 Å². The summed E-state index contributed by atoms with van der Waals surface area (Å²) in [6, 6.07) is 15.8. The van der Waals surface area contributed by atoms with Crippen molar-refractivity contribution in [2.75, 3.05) is 0 Å². The minimum absolute atomic E-state index is 0.131. The van der Waals surface area contributed by atoms with Crippen molar-refractivity contribution < 1.29 is 5.11 Å². The molecule has 0 saturated heterocycles. The number of hydrogen-bond acceptors (Lipinski definition) is 1. The molecule has 20 heavy (non-hydrogen) atoms. The molecule has 1 N–H and O–H groups in total. The molecule has 0 fully saturated rings. The highest BCUT2D eigenvalue weighted by Crippen LogP contribution is 2.26. The summed E-state index contributed by atoms with van der Waals surface area (Å²) in [4.78, 5) is 0. The van der Waals surface area contributed by atoms with Crippen LogP contribution in [-0.2, 0) is 11.8 Å². The van der Waals surface area contributed by atoms with E-state index in [1.165, 1.54) is 5.56 Å². The number of benzene rings is 2. The van der Waals surface area contributed by atoms with E-state index in [2.05, 4.69) is 32.9 Å². The van der Waals surface area contributed by atoms with E-state index in [4.69, 9.17) is 11.6 Å². The molecule has 0 bridgehead atoms. The molecule has 2 rings (SSSR count). The third-order valence-electron chi connectivity index (χ3n) is 3.53. The van der Waals surface area contributed by atoms with E-state index < -0.39 is 6.10 Å². The zero-order valence-electron chi connectivity index (χ0n) is 12.2. The summed E-state index contributed by atoms with van der Waals surface area (Å²) in [5, 5.41) is 11.0. The molecule has 2 heteroatoms. The van der Waals surface area contributed by atoms with E-state index in [0.29, 0.717) is 11.4 Å². The number of hydrogen-bond donors (Lipinski definition) is 1. The van der Waals surface area contributed by atoms with Gasteiger partial charge in [-0.05, 0) is 28.2 Å². The summed E-state index contributed by atoms with van der Waals surface area (Å²) in [5.41, 5.74) is 3.30. The lowest BCUT2D eigenvalue weighted by Gasteiger charge is -2.20. The van der Waals surface area contributed by atoms with Gasteiger partial charge in [0.05, 0.1) is 6.10 Å². The Labute approximate surface area is 126 Å². The van der Waals surface area contributed by atoms with Gasteiger partial charge in [-0.15, -0.1) is 0 Å². The van der Waals surface area contributed by atoms with Crippen LogP contribution in [0, 0.1) is 0 Å². The van der Waals surface area contributed by atoms with Crippen LogP contribution in [0.4, 0.5) is 0 Å². The molecule has 1 nitrogen and oxygen atoms in total. The average molecular weight is 289 g/mol. The molecule has 0 aliphatic rings. The van der Waals surface area contributed by atoms with Gasteiger partial charge in [0.2, 0.25) is 0 Å². The Balaban J connectivity index is 2.14. The zero-order valence-corrected chi connectivity index (χ0v) is 13.0. The van der Waals surface area contributed by atoms with E-state index in [-0.39, 0.29) is 5.41 Å². The van der Waals surface area contributed by atoms with Crippen LogP contribution in [0.5, 0.6) is 0 Å². The molecule has 0 amide bonds. The van der Waals surface area contributed by atoms with Crippen molar-refractivity contribution in [1.82, 2.24) is 0 Å². The van der Waals surface area contributed by atoms with Crippen LogP contribution >= 0.6 is 11.6 Å². The molecule has 0 saturated carbocycles. The quantitative estimate of drug-likeness (QED) is 0.850. The van der Waals surface area contributed by atoms with Crippen molar-refractivity contribution in [3.8, 4) is 0 Å². The Morgan fingerprint density at radius 3 is 2.15 bits per heavy atom. The van der Waals surface area contributed by atoms with Crippen LogP contribution < -0.4 is 0 Å². The summed E-state index contributed by atoms with van der Waals surface area (Å²) < 4.78 is 0. The molecular formula is C18H21ClO. The predicted molar refractivity (Wildman–Crippen MR) is 85.3 cm³/mol. The molecule has 0 heterocycles. The van der Waals surface area contributed by atoms with Gasteiger partial charge in [-0.2, -0.15) is 0 Å². The molecule has 0 aliphatic carbocycles. The van der Waals surface area contributed by atoms with E-state index in [9.17, 15) is 5.11 Å². The first-order valence-corrected chi connectivity index (χ1v) is 7.27. The van der Waals surface area contributed by atoms with Crippen LogP contribution in [-0.4, -0.2) is 5.11 Å². The number of aliphatic hydroxyl groups excluding tert-OH is 1. The highest BCUT2D eigenvalue weighted by molar-refractivity contribution is 6.31. The molecule has 106 valence electrons. The van der Waals surface area contributed by atoms with Crippen LogP contribution in [0.2, 0.25) is 5.02 Å². The minimum atomic E-state index is -0.524. The molecule has 2 aromatic rings. The highest BCUT2D eigenvalue weighted by atomic mass is 35.5. The summed E-state index contributed by atoms with van der Waals surface area (Å²) in [6.07, 6.45) is 0.0121. The van der Waals surface area contributed by atoms with Gasteiger partial charge in [0.15, 0.2) is 0 Å². The SMILES string of the molecule is CC(C)(C)c1ccc(C(O)Cc2ccccc2Cl)cc1. The topological polar surface area (TPSA) is 20.2 Å². The smallest absolute Gasteiger partial charge is 0.0830 e. The minimum Gasteiger partial charge on any atom is -0.388 e. The van der Waals surface area contributed by atoms with Crippen molar-refractivity contribution >= 4 is 11.6 Å². The molecule has 0 aliphatic heterocycles. The fourth-order valence-electron chi connectivity index (χ4n) is 2.20. The van der Waals surface area contributed by atoms with Gasteiger partial charge < -0.3 is 5.11 Å². The third-order valence-corrected chi connectivity index (χ3v) is 3.90. The first kappa shape index (κ1) is 15.1. The van der Waals surface area contributed by atoms with Gasteiger partial charge in [-0.25, -0.2) is 0 Å². The summed E-state index contributed by atoms with van der Waals surface area (Å²) in [6.45, 7) is 6.55. The van der Waals surface area contributed by atoms with Crippen LogP contribution in [0.1, 0.15) is 43.6 Å². The summed E-state index contributed by atoms with van der Waals surface area (Å²) in [7, 11) is 0. The lowest BCUT2D eigenvalue weighted by molar-refractivity contribution is 0.178. The molecule has 1 unspecified atom stereocenters. The molecule has 0 aromatic heterocycles.